The zero-order valence-corrected chi connectivity index (χ0v) is 36.7. The Morgan fingerprint density at radius 3 is 1.03 bits per heavy atom. The second-order valence-electron chi connectivity index (χ2n) is 18.0. The molecule has 10 heteroatoms. The van der Waals surface area contributed by atoms with E-state index in [1.807, 2.05) is 170 Å². The van der Waals surface area contributed by atoms with Gasteiger partial charge in [0.05, 0.1) is 35.8 Å². The Hall–Kier alpha value is -7.20. The molecule has 0 aliphatic heterocycles. The van der Waals surface area contributed by atoms with Crippen LogP contribution in [-0.4, -0.2) is 43.8 Å². The highest BCUT2D eigenvalue weighted by Gasteiger charge is 2.65. The summed E-state index contributed by atoms with van der Waals surface area (Å²) < 4.78 is 12.1. The number of amides is 2. The second-order valence-corrected chi connectivity index (χ2v) is 18.0. The van der Waals surface area contributed by atoms with Gasteiger partial charge in [-0.05, 0) is 95.5 Å². The zero-order chi connectivity index (χ0) is 45.6. The molecule has 2 N–H and O–H groups in total. The van der Waals surface area contributed by atoms with Gasteiger partial charge in [-0.25, -0.2) is 0 Å². The van der Waals surface area contributed by atoms with Crippen LogP contribution in [-0.2, 0) is 32.3 Å². The maximum Gasteiger partial charge on any atom is 0.308 e. The highest BCUT2D eigenvalue weighted by Crippen LogP contribution is 2.52. The fraction of sp³-hybridized carbons (Fsp3) is 0.286. The van der Waals surface area contributed by atoms with Crippen molar-refractivity contribution in [3.8, 4) is 23.0 Å². The number of carboxylic acid groups (broad SMARTS) is 2. The summed E-state index contributed by atoms with van der Waals surface area (Å²) in [6, 6.07) is 52.2. The molecule has 0 heterocycles. The first-order valence-corrected chi connectivity index (χ1v) is 23.0. The highest BCUT2D eigenvalue weighted by molar-refractivity contribution is 6.00. The molecule has 6 aromatic carbocycles. The van der Waals surface area contributed by atoms with Crippen molar-refractivity contribution >= 4 is 23.8 Å². The summed E-state index contributed by atoms with van der Waals surface area (Å²) in [4.78, 5) is 61.5. The number of benzene rings is 6. The van der Waals surface area contributed by atoms with Crippen molar-refractivity contribution in [2.24, 2.45) is 35.5 Å². The monoisotopic (exact) mass is 882 g/mol. The molecule has 6 atom stereocenters. The number of carbonyl (C=O) groups excluding carboxylic acids is 2. The number of nitrogens with zero attached hydrogens (tertiary/aromatic N) is 2. The van der Waals surface area contributed by atoms with E-state index in [1.54, 1.807) is 9.80 Å². The quantitative estimate of drug-likeness (QED) is 0.0774. The minimum Gasteiger partial charge on any atom is -0.481 e. The van der Waals surface area contributed by atoms with Gasteiger partial charge in [0.15, 0.2) is 0 Å². The summed E-state index contributed by atoms with van der Waals surface area (Å²) in [7, 11) is 0. The predicted octanol–water partition coefficient (Wildman–Crippen LogP) is 11.4. The summed E-state index contributed by atoms with van der Waals surface area (Å²) >= 11 is 0. The van der Waals surface area contributed by atoms with Gasteiger partial charge in [-0.3, -0.25) is 19.2 Å². The number of aliphatic carboxylic acids is 2. The van der Waals surface area contributed by atoms with Crippen molar-refractivity contribution in [1.82, 2.24) is 9.80 Å². The summed E-state index contributed by atoms with van der Waals surface area (Å²) in [5.41, 5.74) is 3.33. The van der Waals surface area contributed by atoms with Crippen LogP contribution in [0.25, 0.3) is 0 Å². The molecular formula is C56H54N2O8. The van der Waals surface area contributed by atoms with Crippen molar-refractivity contribution in [3.63, 3.8) is 0 Å². The molecule has 3 aliphatic rings. The SMILES string of the molecule is O=C(O)[C@H]1[C@H](C(=O)O)[C@H](C(=O)N(Cc2ccc(Oc3ccccc3)cc2)[C@@H](CC2CC2)c2ccccc2)[C@H]1C(=O)N(Cc1ccc(Oc2ccccc2)cc1)[C@@H](CC1CC1)c1ccccc1. The number of carboxylic acids is 2. The van der Waals surface area contributed by atoms with Gasteiger partial charge in [-0.1, -0.05) is 147 Å². The van der Waals surface area contributed by atoms with Crippen molar-refractivity contribution < 1.29 is 38.9 Å². The lowest BCUT2D eigenvalue weighted by Gasteiger charge is -2.50. The van der Waals surface area contributed by atoms with Gasteiger partial charge in [-0.2, -0.15) is 0 Å². The molecule has 9 rings (SSSR count). The molecule has 336 valence electrons. The first-order chi connectivity index (χ1) is 32.2. The maximum absolute atomic E-state index is 15.7. The number of para-hydroxylation sites is 2. The molecule has 3 aliphatic carbocycles. The average molecular weight is 883 g/mol. The van der Waals surface area contributed by atoms with Gasteiger partial charge in [0, 0.05) is 13.1 Å². The largest absolute Gasteiger partial charge is 0.481 e. The van der Waals surface area contributed by atoms with E-state index in [4.69, 9.17) is 9.47 Å². The van der Waals surface area contributed by atoms with E-state index in [9.17, 15) is 19.8 Å². The highest BCUT2D eigenvalue weighted by atomic mass is 16.5. The maximum atomic E-state index is 15.7. The van der Waals surface area contributed by atoms with Crippen molar-refractivity contribution in [3.05, 3.63) is 192 Å². The summed E-state index contributed by atoms with van der Waals surface area (Å²) in [5, 5.41) is 21.7. The molecule has 3 saturated carbocycles. The van der Waals surface area contributed by atoms with Crippen LogP contribution in [0.5, 0.6) is 23.0 Å². The van der Waals surface area contributed by atoms with Crippen LogP contribution in [0.2, 0.25) is 0 Å². The molecular weight excluding hydrogens is 829 g/mol. The smallest absolute Gasteiger partial charge is 0.308 e. The van der Waals surface area contributed by atoms with E-state index in [0.717, 1.165) is 47.9 Å². The van der Waals surface area contributed by atoms with Crippen molar-refractivity contribution in [1.29, 1.82) is 0 Å². The standard InChI is InChI=1S/C56H54N2O8/c59-53(57(47(33-37-21-22-37)41-13-5-1-6-14-41)35-39-25-29-45(30-26-39)65-43-17-9-3-10-18-43)49-50(52(56(63)64)51(49)55(61)62)54(60)58(48(34-38-23-24-38)42-15-7-2-8-16-42)36-40-27-31-46(32-28-40)66-44-19-11-4-12-20-44/h1-20,25-32,37-38,47-52H,21-24,33-36H2,(H,61,62)(H,63,64)/t47-,48-,49+,50+,51+,52+/m0/s1. The molecule has 0 saturated heterocycles. The first-order valence-electron chi connectivity index (χ1n) is 23.0. The molecule has 0 bridgehead atoms. The molecule has 66 heavy (non-hydrogen) atoms. The van der Waals surface area contributed by atoms with Gasteiger partial charge in [-0.15, -0.1) is 0 Å². The van der Waals surface area contributed by atoms with E-state index in [1.165, 1.54) is 0 Å². The lowest BCUT2D eigenvalue weighted by atomic mass is 9.55. The summed E-state index contributed by atoms with van der Waals surface area (Å²) in [6.07, 6.45) is 5.33. The third-order valence-electron chi connectivity index (χ3n) is 13.4. The number of hydrogen-bond acceptors (Lipinski definition) is 6. The van der Waals surface area contributed by atoms with Gasteiger partial charge in [0.25, 0.3) is 0 Å². The molecule has 3 fully saturated rings. The van der Waals surface area contributed by atoms with E-state index in [-0.39, 0.29) is 13.1 Å². The van der Waals surface area contributed by atoms with Crippen LogP contribution >= 0.6 is 0 Å². The Labute approximate surface area is 385 Å². The lowest BCUT2D eigenvalue weighted by Crippen LogP contribution is -2.64. The number of ether oxygens (including phenoxy) is 2. The molecule has 0 radical (unpaired) electrons. The third kappa shape index (κ3) is 10.3. The van der Waals surface area contributed by atoms with Crippen molar-refractivity contribution in [2.75, 3.05) is 0 Å². The first kappa shape index (κ1) is 44.0. The number of carbonyl (C=O) groups is 4. The van der Waals surface area contributed by atoms with Crippen LogP contribution in [0.3, 0.4) is 0 Å². The fourth-order valence-electron chi connectivity index (χ4n) is 9.59. The normalized spacial score (nSPS) is 19.6. The van der Waals surface area contributed by atoms with Crippen LogP contribution in [0.1, 0.15) is 72.9 Å². The minimum absolute atomic E-state index is 0.105. The Morgan fingerprint density at radius 2 is 0.727 bits per heavy atom. The number of hydrogen-bond donors (Lipinski definition) is 2. The third-order valence-corrected chi connectivity index (χ3v) is 13.4. The molecule has 0 unspecified atom stereocenters. The van der Waals surface area contributed by atoms with Gasteiger partial charge >= 0.3 is 11.9 Å². The van der Waals surface area contributed by atoms with Gasteiger partial charge in [0.2, 0.25) is 11.8 Å². The van der Waals surface area contributed by atoms with Crippen molar-refractivity contribution in [2.45, 2.75) is 63.7 Å². The lowest BCUT2D eigenvalue weighted by molar-refractivity contribution is -0.189. The molecule has 10 nitrogen and oxygen atoms in total. The Bertz CT molecular complexity index is 2400. The zero-order valence-electron chi connectivity index (χ0n) is 36.7. The Morgan fingerprint density at radius 1 is 0.424 bits per heavy atom. The molecule has 6 aromatic rings. The Balaban J connectivity index is 1.09. The summed E-state index contributed by atoms with van der Waals surface area (Å²) in [5.74, 6) is -6.74. The second kappa shape index (κ2) is 19.9. The van der Waals surface area contributed by atoms with Gasteiger partial charge < -0.3 is 29.5 Å². The molecule has 2 amide bonds. The minimum atomic E-state index is -1.62. The number of rotatable bonds is 20. The van der Waals surface area contributed by atoms with Crippen LogP contribution in [0.4, 0.5) is 0 Å². The topological polar surface area (TPSA) is 134 Å². The van der Waals surface area contributed by atoms with Crippen LogP contribution < -0.4 is 9.47 Å². The predicted molar refractivity (Wildman–Crippen MR) is 249 cm³/mol. The van der Waals surface area contributed by atoms with Gasteiger partial charge in [0.1, 0.15) is 23.0 Å². The van der Waals surface area contributed by atoms with Crippen LogP contribution in [0, 0.1) is 35.5 Å². The Kier molecular flexibility index (Phi) is 13.3. The van der Waals surface area contributed by atoms with E-state index < -0.39 is 59.5 Å². The van der Waals surface area contributed by atoms with E-state index in [2.05, 4.69) is 0 Å². The average Bonchev–Trinajstić information content (AvgIpc) is 4.28. The molecule has 0 aromatic heterocycles. The fourth-order valence-corrected chi connectivity index (χ4v) is 9.59. The van der Waals surface area contributed by atoms with E-state index >= 15 is 9.59 Å². The van der Waals surface area contributed by atoms with E-state index in [0.29, 0.717) is 47.7 Å². The van der Waals surface area contributed by atoms with Crippen LogP contribution in [0.15, 0.2) is 170 Å². The summed E-state index contributed by atoms with van der Waals surface area (Å²) in [6.45, 7) is 0.210. The molecule has 0 spiro atoms.